The summed E-state index contributed by atoms with van der Waals surface area (Å²) in [6, 6.07) is 12.5. The minimum absolute atomic E-state index is 0.0495. The molecule has 0 saturated heterocycles. The van der Waals surface area contributed by atoms with Crippen LogP contribution in [0.5, 0.6) is 5.75 Å². The van der Waals surface area contributed by atoms with E-state index in [4.69, 9.17) is 4.74 Å². The molecule has 0 aliphatic carbocycles. The lowest BCUT2D eigenvalue weighted by molar-refractivity contribution is -0.113. The molecular weight excluding hydrogens is 312 g/mol. The molecule has 0 bridgehead atoms. The maximum atomic E-state index is 12.3. The van der Waals surface area contributed by atoms with E-state index in [1.165, 1.54) is 11.8 Å². The number of fused-ring (bicyclic) bond motifs is 1. The summed E-state index contributed by atoms with van der Waals surface area (Å²) >= 11 is 1.47. The van der Waals surface area contributed by atoms with Crippen LogP contribution in [-0.4, -0.2) is 24.2 Å². The van der Waals surface area contributed by atoms with Gasteiger partial charge in [-0.2, -0.15) is 0 Å². The number of anilines is 2. The van der Waals surface area contributed by atoms with E-state index in [9.17, 15) is 9.59 Å². The Morgan fingerprint density at radius 1 is 1.26 bits per heavy atom. The van der Waals surface area contributed by atoms with Crippen molar-refractivity contribution in [2.75, 3.05) is 23.0 Å². The first-order valence-corrected chi connectivity index (χ1v) is 8.25. The third-order valence-electron chi connectivity index (χ3n) is 3.30. The van der Waals surface area contributed by atoms with E-state index in [0.717, 1.165) is 10.6 Å². The second-order valence-electron chi connectivity index (χ2n) is 4.96. The largest absolute Gasteiger partial charge is 0.494 e. The SMILES string of the molecule is CCOc1ccc(NC(=O)c2ccc3c(c2)NC(=O)CS3)cc1. The molecule has 0 atom stereocenters. The highest BCUT2D eigenvalue weighted by Gasteiger charge is 2.17. The Bertz CT molecular complexity index is 744. The molecule has 118 valence electrons. The van der Waals surface area contributed by atoms with Crippen molar-refractivity contribution in [3.63, 3.8) is 0 Å². The molecule has 23 heavy (non-hydrogen) atoms. The number of hydrogen-bond acceptors (Lipinski definition) is 4. The summed E-state index contributed by atoms with van der Waals surface area (Å²) in [5.41, 5.74) is 1.88. The standard InChI is InChI=1S/C17H16N2O3S/c1-2-22-13-6-4-12(5-7-13)18-17(21)11-3-8-15-14(9-11)19-16(20)10-23-15/h3-9H,2,10H2,1H3,(H,18,21)(H,19,20). The number of hydrogen-bond donors (Lipinski definition) is 2. The van der Waals surface area contributed by atoms with Crippen molar-refractivity contribution in [2.45, 2.75) is 11.8 Å². The Morgan fingerprint density at radius 2 is 2.04 bits per heavy atom. The van der Waals surface area contributed by atoms with Crippen LogP contribution in [0, 0.1) is 0 Å². The number of amides is 2. The summed E-state index contributed by atoms with van der Waals surface area (Å²) in [6.45, 7) is 2.52. The fraction of sp³-hybridized carbons (Fsp3) is 0.176. The first-order valence-electron chi connectivity index (χ1n) is 7.26. The van der Waals surface area contributed by atoms with Crippen molar-refractivity contribution < 1.29 is 14.3 Å². The van der Waals surface area contributed by atoms with Gasteiger partial charge in [-0.1, -0.05) is 0 Å². The molecule has 0 saturated carbocycles. The molecule has 0 unspecified atom stereocenters. The third-order valence-corrected chi connectivity index (χ3v) is 4.37. The minimum Gasteiger partial charge on any atom is -0.494 e. The van der Waals surface area contributed by atoms with E-state index in [2.05, 4.69) is 10.6 Å². The van der Waals surface area contributed by atoms with Crippen molar-refractivity contribution in [3.05, 3.63) is 48.0 Å². The molecule has 6 heteroatoms. The number of carbonyl (C=O) groups is 2. The molecule has 5 nitrogen and oxygen atoms in total. The predicted octanol–water partition coefficient (Wildman–Crippen LogP) is 3.38. The van der Waals surface area contributed by atoms with Crippen LogP contribution in [0.4, 0.5) is 11.4 Å². The summed E-state index contributed by atoms with van der Waals surface area (Å²) in [7, 11) is 0. The van der Waals surface area contributed by atoms with Gasteiger partial charge in [0.25, 0.3) is 5.91 Å². The number of benzene rings is 2. The lowest BCUT2D eigenvalue weighted by atomic mass is 10.1. The normalized spacial score (nSPS) is 13.0. The molecule has 2 aromatic carbocycles. The van der Waals surface area contributed by atoms with Crippen LogP contribution in [0.1, 0.15) is 17.3 Å². The number of nitrogens with one attached hydrogen (secondary N) is 2. The van der Waals surface area contributed by atoms with Gasteiger partial charge >= 0.3 is 0 Å². The van der Waals surface area contributed by atoms with Gasteiger partial charge in [0.1, 0.15) is 5.75 Å². The molecule has 2 N–H and O–H groups in total. The average Bonchev–Trinajstić information content (AvgIpc) is 2.56. The van der Waals surface area contributed by atoms with Gasteiger partial charge in [-0.25, -0.2) is 0 Å². The number of ether oxygens (including phenoxy) is 1. The Balaban J connectivity index is 1.73. The van der Waals surface area contributed by atoms with Crippen LogP contribution in [0.25, 0.3) is 0 Å². The summed E-state index contributed by atoms with van der Waals surface area (Å²) < 4.78 is 5.37. The maximum Gasteiger partial charge on any atom is 0.255 e. The van der Waals surface area contributed by atoms with Gasteiger partial charge in [0.2, 0.25) is 5.91 Å². The van der Waals surface area contributed by atoms with Crippen LogP contribution < -0.4 is 15.4 Å². The quantitative estimate of drug-likeness (QED) is 0.903. The van der Waals surface area contributed by atoms with Crippen molar-refractivity contribution >= 4 is 35.0 Å². The van der Waals surface area contributed by atoms with Crippen LogP contribution in [0.15, 0.2) is 47.4 Å². The van der Waals surface area contributed by atoms with Gasteiger partial charge in [0, 0.05) is 16.1 Å². The highest BCUT2D eigenvalue weighted by atomic mass is 32.2. The van der Waals surface area contributed by atoms with E-state index in [-0.39, 0.29) is 11.8 Å². The second kappa shape index (κ2) is 6.75. The van der Waals surface area contributed by atoms with E-state index in [0.29, 0.717) is 29.3 Å². The first-order chi connectivity index (χ1) is 11.2. The van der Waals surface area contributed by atoms with Gasteiger partial charge in [-0.15, -0.1) is 11.8 Å². The van der Waals surface area contributed by atoms with E-state index in [1.807, 2.05) is 25.1 Å². The van der Waals surface area contributed by atoms with Gasteiger partial charge in [0.05, 0.1) is 18.0 Å². The molecular formula is C17H16N2O3S. The minimum atomic E-state index is -0.221. The first kappa shape index (κ1) is 15.4. The predicted molar refractivity (Wildman–Crippen MR) is 91.4 cm³/mol. The zero-order valence-electron chi connectivity index (χ0n) is 12.6. The monoisotopic (exact) mass is 328 g/mol. The van der Waals surface area contributed by atoms with Crippen LogP contribution in [0.2, 0.25) is 0 Å². The van der Waals surface area contributed by atoms with E-state index in [1.54, 1.807) is 24.3 Å². The Morgan fingerprint density at radius 3 is 2.78 bits per heavy atom. The average molecular weight is 328 g/mol. The summed E-state index contributed by atoms with van der Waals surface area (Å²) in [5.74, 6) is 0.900. The maximum absolute atomic E-state index is 12.3. The van der Waals surface area contributed by atoms with Crippen molar-refractivity contribution in [3.8, 4) is 5.75 Å². The molecule has 1 aliphatic rings. The molecule has 0 radical (unpaired) electrons. The van der Waals surface area contributed by atoms with Crippen molar-refractivity contribution in [1.82, 2.24) is 0 Å². The number of carbonyl (C=O) groups excluding carboxylic acids is 2. The molecule has 2 aromatic rings. The van der Waals surface area contributed by atoms with Crippen molar-refractivity contribution in [2.24, 2.45) is 0 Å². The molecule has 0 fully saturated rings. The second-order valence-corrected chi connectivity index (χ2v) is 5.98. The highest BCUT2D eigenvalue weighted by Crippen LogP contribution is 2.32. The van der Waals surface area contributed by atoms with Crippen LogP contribution >= 0.6 is 11.8 Å². The Labute approximate surface area is 138 Å². The topological polar surface area (TPSA) is 67.4 Å². The molecule has 1 heterocycles. The summed E-state index contributed by atoms with van der Waals surface area (Å²) in [6.07, 6.45) is 0. The molecule has 0 aromatic heterocycles. The van der Waals surface area contributed by atoms with Gasteiger partial charge in [0.15, 0.2) is 0 Å². The summed E-state index contributed by atoms with van der Waals surface area (Å²) in [5, 5.41) is 5.62. The zero-order valence-corrected chi connectivity index (χ0v) is 13.4. The van der Waals surface area contributed by atoms with Crippen LogP contribution in [0.3, 0.4) is 0 Å². The zero-order chi connectivity index (χ0) is 16.2. The Hall–Kier alpha value is -2.47. The van der Waals surface area contributed by atoms with Gasteiger partial charge in [-0.3, -0.25) is 9.59 Å². The lowest BCUT2D eigenvalue weighted by Gasteiger charge is -2.17. The van der Waals surface area contributed by atoms with E-state index < -0.39 is 0 Å². The number of rotatable bonds is 4. The van der Waals surface area contributed by atoms with Crippen LogP contribution in [-0.2, 0) is 4.79 Å². The van der Waals surface area contributed by atoms with Gasteiger partial charge < -0.3 is 15.4 Å². The summed E-state index contributed by atoms with van der Waals surface area (Å²) in [4.78, 5) is 24.7. The Kier molecular flexibility index (Phi) is 4.52. The fourth-order valence-electron chi connectivity index (χ4n) is 2.23. The fourth-order valence-corrected chi connectivity index (χ4v) is 3.02. The van der Waals surface area contributed by atoms with Crippen molar-refractivity contribution in [1.29, 1.82) is 0 Å². The smallest absolute Gasteiger partial charge is 0.255 e. The lowest BCUT2D eigenvalue weighted by Crippen LogP contribution is -2.19. The molecule has 0 spiro atoms. The van der Waals surface area contributed by atoms with Gasteiger partial charge in [-0.05, 0) is 49.4 Å². The molecule has 3 rings (SSSR count). The third kappa shape index (κ3) is 3.65. The highest BCUT2D eigenvalue weighted by molar-refractivity contribution is 8.00. The van der Waals surface area contributed by atoms with E-state index >= 15 is 0 Å². The number of thioether (sulfide) groups is 1. The molecule has 2 amide bonds. The molecule has 1 aliphatic heterocycles.